The van der Waals surface area contributed by atoms with Crippen molar-refractivity contribution in [1.82, 2.24) is 4.98 Å². The Labute approximate surface area is 119 Å². The number of hydrogen-bond donors (Lipinski definition) is 0. The third-order valence-electron chi connectivity index (χ3n) is 2.87. The lowest BCUT2D eigenvalue weighted by atomic mass is 10.2. The maximum absolute atomic E-state index is 11.2. The van der Waals surface area contributed by atoms with Gasteiger partial charge in [-0.2, -0.15) is 0 Å². The molecule has 0 aliphatic rings. The van der Waals surface area contributed by atoms with Crippen LogP contribution < -0.4 is 0 Å². The fourth-order valence-corrected chi connectivity index (χ4v) is 2.99. The van der Waals surface area contributed by atoms with Crippen molar-refractivity contribution in [2.45, 2.75) is 9.79 Å². The molecule has 0 atom stereocenters. The monoisotopic (exact) mass is 282 g/mol. The second-order valence-corrected chi connectivity index (χ2v) is 5.25. The minimum absolute atomic E-state index is 0.0394. The molecule has 0 aliphatic heterocycles. The van der Waals surface area contributed by atoms with Crippen LogP contribution in [0.4, 0.5) is 5.69 Å². The zero-order valence-corrected chi connectivity index (χ0v) is 11.2. The average Bonchev–Trinajstić information content (AvgIpc) is 2.48. The van der Waals surface area contributed by atoms with E-state index < -0.39 is 0 Å². The van der Waals surface area contributed by atoms with Gasteiger partial charge in [0.2, 0.25) is 0 Å². The Morgan fingerprint density at radius 2 is 1.70 bits per heavy atom. The summed E-state index contributed by atoms with van der Waals surface area (Å²) in [4.78, 5) is 16.6. The summed E-state index contributed by atoms with van der Waals surface area (Å²) in [7, 11) is 0. The van der Waals surface area contributed by atoms with Gasteiger partial charge >= 0.3 is 5.69 Å². The van der Waals surface area contributed by atoms with Crippen molar-refractivity contribution in [2.75, 3.05) is 0 Å². The second-order valence-electron chi connectivity index (χ2n) is 4.16. The van der Waals surface area contributed by atoms with Crippen LogP contribution in [0.2, 0.25) is 0 Å². The molecule has 0 bridgehead atoms. The molecular weight excluding hydrogens is 272 g/mol. The molecule has 3 rings (SSSR count). The van der Waals surface area contributed by atoms with Crippen molar-refractivity contribution >= 4 is 28.4 Å². The molecule has 0 fully saturated rings. The third-order valence-corrected chi connectivity index (χ3v) is 4.01. The van der Waals surface area contributed by atoms with Crippen LogP contribution in [0.5, 0.6) is 0 Å². The van der Waals surface area contributed by atoms with E-state index in [-0.39, 0.29) is 10.6 Å². The van der Waals surface area contributed by atoms with Crippen LogP contribution in [-0.2, 0) is 0 Å². The minimum Gasteiger partial charge on any atom is -0.258 e. The molecule has 3 aromatic rings. The summed E-state index contributed by atoms with van der Waals surface area (Å²) < 4.78 is 0. The molecule has 0 radical (unpaired) electrons. The summed E-state index contributed by atoms with van der Waals surface area (Å²) in [6, 6.07) is 17.1. The van der Waals surface area contributed by atoms with E-state index in [1.165, 1.54) is 18.0 Å². The predicted molar refractivity (Wildman–Crippen MR) is 79.0 cm³/mol. The SMILES string of the molecule is O=[N+]([O-])c1cnc2ccccc2c1Sc1ccccc1. The van der Waals surface area contributed by atoms with Crippen molar-refractivity contribution in [2.24, 2.45) is 0 Å². The molecule has 1 heterocycles. The molecule has 5 heteroatoms. The van der Waals surface area contributed by atoms with E-state index in [1.807, 2.05) is 54.6 Å². The van der Waals surface area contributed by atoms with Crippen molar-refractivity contribution in [1.29, 1.82) is 0 Å². The molecule has 1 aromatic heterocycles. The lowest BCUT2D eigenvalue weighted by Crippen LogP contribution is -1.93. The highest BCUT2D eigenvalue weighted by Crippen LogP contribution is 2.38. The van der Waals surface area contributed by atoms with Crippen LogP contribution in [0.3, 0.4) is 0 Å². The van der Waals surface area contributed by atoms with Gasteiger partial charge in [-0.15, -0.1) is 0 Å². The van der Waals surface area contributed by atoms with Crippen molar-refractivity contribution < 1.29 is 4.92 Å². The molecular formula is C15H10N2O2S. The van der Waals surface area contributed by atoms with E-state index in [9.17, 15) is 10.1 Å². The van der Waals surface area contributed by atoms with Crippen LogP contribution in [0, 0.1) is 10.1 Å². The molecule has 0 unspecified atom stereocenters. The molecule has 2 aromatic carbocycles. The summed E-state index contributed by atoms with van der Waals surface area (Å²) in [6.45, 7) is 0. The van der Waals surface area contributed by atoms with Gasteiger partial charge in [0.1, 0.15) is 11.1 Å². The molecule has 0 N–H and O–H groups in total. The van der Waals surface area contributed by atoms with E-state index in [1.54, 1.807) is 0 Å². The first-order chi connectivity index (χ1) is 9.75. The lowest BCUT2D eigenvalue weighted by molar-refractivity contribution is -0.387. The van der Waals surface area contributed by atoms with Crippen LogP contribution in [0.15, 0.2) is 70.6 Å². The second kappa shape index (κ2) is 5.30. The first kappa shape index (κ1) is 12.6. The third kappa shape index (κ3) is 2.35. The number of benzene rings is 2. The van der Waals surface area contributed by atoms with Crippen molar-refractivity contribution in [3.63, 3.8) is 0 Å². The van der Waals surface area contributed by atoms with E-state index in [0.717, 1.165) is 15.8 Å². The Bertz CT molecular complexity index is 775. The molecule has 4 nitrogen and oxygen atoms in total. The standard InChI is InChI=1S/C15H10N2O2S/c18-17(19)14-10-16-13-9-5-4-8-12(13)15(14)20-11-6-2-1-3-7-11/h1-10H. The highest BCUT2D eigenvalue weighted by molar-refractivity contribution is 7.99. The highest BCUT2D eigenvalue weighted by atomic mass is 32.2. The Hall–Kier alpha value is -2.40. The summed E-state index contributed by atoms with van der Waals surface area (Å²) in [6.07, 6.45) is 1.33. The molecule has 0 spiro atoms. The quantitative estimate of drug-likeness (QED) is 0.531. The number of nitrogens with zero attached hydrogens (tertiary/aromatic N) is 2. The average molecular weight is 282 g/mol. The van der Waals surface area contributed by atoms with E-state index in [2.05, 4.69) is 4.98 Å². The van der Waals surface area contributed by atoms with E-state index >= 15 is 0 Å². The number of hydrogen-bond acceptors (Lipinski definition) is 4. The van der Waals surface area contributed by atoms with Gasteiger partial charge < -0.3 is 0 Å². The number of fused-ring (bicyclic) bond motifs is 1. The van der Waals surface area contributed by atoms with Gasteiger partial charge in [-0.05, 0) is 18.2 Å². The van der Waals surface area contributed by atoms with Crippen LogP contribution in [0.25, 0.3) is 10.9 Å². The zero-order valence-electron chi connectivity index (χ0n) is 10.4. The van der Waals surface area contributed by atoms with Gasteiger partial charge in [0.15, 0.2) is 0 Å². The topological polar surface area (TPSA) is 56.0 Å². The van der Waals surface area contributed by atoms with Crippen LogP contribution >= 0.6 is 11.8 Å². The summed E-state index contributed by atoms with van der Waals surface area (Å²) in [5.74, 6) is 0. The maximum Gasteiger partial charge on any atom is 0.302 e. The molecule has 0 saturated carbocycles. The number of rotatable bonds is 3. The summed E-state index contributed by atoms with van der Waals surface area (Å²) in [5, 5.41) is 12.0. The van der Waals surface area contributed by atoms with Gasteiger partial charge in [0.25, 0.3) is 0 Å². The van der Waals surface area contributed by atoms with Crippen LogP contribution in [-0.4, -0.2) is 9.91 Å². The van der Waals surface area contributed by atoms with Crippen molar-refractivity contribution in [3.05, 3.63) is 70.9 Å². The highest BCUT2D eigenvalue weighted by Gasteiger charge is 2.18. The fraction of sp³-hybridized carbons (Fsp3) is 0. The number of pyridine rings is 1. The smallest absolute Gasteiger partial charge is 0.258 e. The van der Waals surface area contributed by atoms with Gasteiger partial charge in [0.05, 0.1) is 10.4 Å². The Kier molecular flexibility index (Phi) is 3.35. The minimum atomic E-state index is -0.384. The van der Waals surface area contributed by atoms with E-state index in [4.69, 9.17) is 0 Å². The number of aromatic nitrogens is 1. The maximum atomic E-state index is 11.2. The molecule has 20 heavy (non-hydrogen) atoms. The molecule has 0 saturated heterocycles. The fourth-order valence-electron chi connectivity index (χ4n) is 1.95. The molecule has 0 amide bonds. The number of para-hydroxylation sites is 1. The molecule has 0 aliphatic carbocycles. The van der Waals surface area contributed by atoms with Gasteiger partial charge in [-0.25, -0.2) is 4.98 Å². The predicted octanol–water partition coefficient (Wildman–Crippen LogP) is 4.29. The Morgan fingerprint density at radius 3 is 2.45 bits per heavy atom. The van der Waals surface area contributed by atoms with Crippen molar-refractivity contribution in [3.8, 4) is 0 Å². The Balaban J connectivity index is 2.20. The van der Waals surface area contributed by atoms with Gasteiger partial charge in [-0.3, -0.25) is 10.1 Å². The van der Waals surface area contributed by atoms with Gasteiger partial charge in [0, 0.05) is 10.3 Å². The van der Waals surface area contributed by atoms with E-state index in [0.29, 0.717) is 4.90 Å². The summed E-state index contributed by atoms with van der Waals surface area (Å²) >= 11 is 1.39. The number of nitro groups is 1. The molecule has 98 valence electrons. The lowest BCUT2D eigenvalue weighted by Gasteiger charge is -2.06. The largest absolute Gasteiger partial charge is 0.302 e. The van der Waals surface area contributed by atoms with Crippen LogP contribution in [0.1, 0.15) is 0 Å². The normalized spacial score (nSPS) is 10.6. The Morgan fingerprint density at radius 1 is 1.00 bits per heavy atom. The first-order valence-electron chi connectivity index (χ1n) is 6.01. The summed E-state index contributed by atoms with van der Waals surface area (Å²) in [5.41, 5.74) is 0.800. The first-order valence-corrected chi connectivity index (χ1v) is 6.82. The van der Waals surface area contributed by atoms with Gasteiger partial charge in [-0.1, -0.05) is 48.2 Å². The zero-order chi connectivity index (χ0) is 13.9.